The molecule has 0 saturated carbocycles. The second kappa shape index (κ2) is 13.0. The van der Waals surface area contributed by atoms with Gasteiger partial charge in [-0.3, -0.25) is 0 Å². The summed E-state index contributed by atoms with van der Waals surface area (Å²) in [4.78, 5) is 6.01. The lowest BCUT2D eigenvalue weighted by Gasteiger charge is -2.40. The van der Waals surface area contributed by atoms with Gasteiger partial charge in [-0.15, -0.1) is 0 Å². The van der Waals surface area contributed by atoms with E-state index in [-0.39, 0.29) is 24.6 Å². The molecule has 4 nitrogen and oxygen atoms in total. The van der Waals surface area contributed by atoms with Crippen LogP contribution in [0.5, 0.6) is 11.8 Å². The van der Waals surface area contributed by atoms with Gasteiger partial charge in [0.05, 0.1) is 18.2 Å². The quantitative estimate of drug-likeness (QED) is 0.166. The minimum atomic E-state index is -3.05. The third kappa shape index (κ3) is 6.84. The molecule has 6 rings (SSSR count). The molecule has 0 amide bonds. The Hall–Kier alpha value is -4.49. The van der Waals surface area contributed by atoms with Crippen LogP contribution in [0.2, 0.25) is 5.02 Å². The van der Waals surface area contributed by atoms with Gasteiger partial charge >= 0.3 is 0 Å². The molecule has 1 aromatic heterocycles. The molecule has 0 aliphatic carbocycles. The highest BCUT2D eigenvalue weighted by atomic mass is 35.5. The van der Waals surface area contributed by atoms with Gasteiger partial charge in [0.1, 0.15) is 19.0 Å². The van der Waals surface area contributed by atoms with E-state index in [1.54, 1.807) is 48.5 Å². The van der Waals surface area contributed by atoms with Gasteiger partial charge in [0, 0.05) is 23.2 Å². The van der Waals surface area contributed by atoms with Gasteiger partial charge in [0.25, 0.3) is 5.92 Å². The van der Waals surface area contributed by atoms with E-state index in [0.29, 0.717) is 40.7 Å². The van der Waals surface area contributed by atoms with Gasteiger partial charge in [0.2, 0.25) is 11.8 Å². The average molecular weight is 615 g/mol. The second-order valence-corrected chi connectivity index (χ2v) is 11.2. The van der Waals surface area contributed by atoms with E-state index in [2.05, 4.69) is 4.98 Å². The Bertz CT molecular complexity index is 1700. The van der Waals surface area contributed by atoms with Crippen molar-refractivity contribution in [3.8, 4) is 22.9 Å². The summed E-state index contributed by atoms with van der Waals surface area (Å²) in [5.74, 6) is -3.96. The molecular formula is C36H30ClF3N2O2. The lowest BCUT2D eigenvalue weighted by Crippen LogP contribution is -2.47. The Kier molecular flexibility index (Phi) is 8.75. The number of halogens is 4. The topological polar surface area (TPSA) is 34.6 Å². The molecule has 0 radical (unpaired) electrons. The summed E-state index contributed by atoms with van der Waals surface area (Å²) in [6.45, 7) is 0.283. The molecule has 5 aromatic rings. The third-order valence-corrected chi connectivity index (χ3v) is 8.01. The van der Waals surface area contributed by atoms with Crippen molar-refractivity contribution in [1.82, 2.24) is 4.98 Å². The van der Waals surface area contributed by atoms with Crippen molar-refractivity contribution in [3.05, 3.63) is 143 Å². The number of piperidine rings is 1. The second-order valence-electron chi connectivity index (χ2n) is 10.8. The summed E-state index contributed by atoms with van der Waals surface area (Å²) in [6.07, 6.45) is 0.182. The zero-order chi connectivity index (χ0) is 30.5. The zero-order valence-electron chi connectivity index (χ0n) is 23.8. The number of ether oxygens (including phenoxy) is 2. The largest absolute Gasteiger partial charge is 0.473 e. The Morgan fingerprint density at radius 1 is 0.795 bits per heavy atom. The molecule has 1 fully saturated rings. The number of aromatic nitrogens is 1. The van der Waals surface area contributed by atoms with E-state index in [1.807, 2.05) is 60.7 Å². The first kappa shape index (κ1) is 29.6. The summed E-state index contributed by atoms with van der Waals surface area (Å²) in [5.41, 5.74) is 3.67. The SMILES string of the molecule is Fc1cc(-c2ccc(OCc3ccccc3)nc2OCc2ccccc2)ccc1N1CCC(c2ccc(Cl)cc2)C(F)(F)C1. The smallest absolute Gasteiger partial charge is 0.272 e. The molecule has 0 spiro atoms. The maximum absolute atomic E-state index is 15.6. The van der Waals surface area contributed by atoms with Gasteiger partial charge in [-0.25, -0.2) is 13.2 Å². The number of pyridine rings is 1. The molecule has 8 heteroatoms. The maximum Gasteiger partial charge on any atom is 0.272 e. The first-order valence-electron chi connectivity index (χ1n) is 14.4. The predicted octanol–water partition coefficient (Wildman–Crippen LogP) is 9.33. The Balaban J connectivity index is 1.23. The van der Waals surface area contributed by atoms with Crippen LogP contribution in [0.4, 0.5) is 18.9 Å². The average Bonchev–Trinajstić information content (AvgIpc) is 3.04. The van der Waals surface area contributed by atoms with E-state index in [0.717, 1.165) is 11.1 Å². The van der Waals surface area contributed by atoms with Crippen molar-refractivity contribution >= 4 is 17.3 Å². The number of benzene rings is 4. The third-order valence-electron chi connectivity index (χ3n) is 7.75. The van der Waals surface area contributed by atoms with Crippen LogP contribution in [0, 0.1) is 5.82 Å². The molecule has 0 bridgehead atoms. The van der Waals surface area contributed by atoms with Gasteiger partial charge in [-0.2, -0.15) is 4.98 Å². The van der Waals surface area contributed by atoms with Gasteiger partial charge in [-0.1, -0.05) is 90.5 Å². The minimum Gasteiger partial charge on any atom is -0.473 e. The Labute approximate surface area is 259 Å². The van der Waals surface area contributed by atoms with E-state index in [4.69, 9.17) is 21.1 Å². The number of hydrogen-bond acceptors (Lipinski definition) is 4. The molecule has 1 unspecified atom stereocenters. The summed E-state index contributed by atoms with van der Waals surface area (Å²) >= 11 is 5.94. The summed E-state index contributed by atoms with van der Waals surface area (Å²) < 4.78 is 58.3. The summed E-state index contributed by atoms with van der Waals surface area (Å²) in [5, 5.41) is 0.495. The van der Waals surface area contributed by atoms with Crippen LogP contribution in [-0.2, 0) is 13.2 Å². The number of alkyl halides is 2. The van der Waals surface area contributed by atoms with Crippen molar-refractivity contribution in [2.45, 2.75) is 31.5 Å². The van der Waals surface area contributed by atoms with Crippen LogP contribution < -0.4 is 14.4 Å². The highest BCUT2D eigenvalue weighted by molar-refractivity contribution is 6.30. The van der Waals surface area contributed by atoms with Crippen molar-refractivity contribution in [2.24, 2.45) is 0 Å². The molecule has 224 valence electrons. The molecule has 4 aromatic carbocycles. The number of nitrogens with zero attached hydrogens (tertiary/aromatic N) is 2. The molecule has 1 atom stereocenters. The summed E-state index contributed by atoms with van der Waals surface area (Å²) in [6, 6.07) is 33.9. The standard InChI is InChI=1S/C36H30ClF3N2O2/c37-29-14-11-27(12-15-29)31-19-20-42(24-36(31,39)40)33-17-13-28(21-32(33)38)30-16-18-34(43-22-25-7-3-1-4-8-25)41-35(30)44-23-26-9-5-2-6-10-26/h1-18,21,31H,19-20,22-24H2. The molecule has 2 heterocycles. The molecule has 44 heavy (non-hydrogen) atoms. The maximum atomic E-state index is 15.6. The normalized spacial score (nSPS) is 16.0. The molecular weight excluding hydrogens is 585 g/mol. The summed E-state index contributed by atoms with van der Waals surface area (Å²) in [7, 11) is 0. The molecule has 1 aliphatic rings. The zero-order valence-corrected chi connectivity index (χ0v) is 24.6. The van der Waals surface area contributed by atoms with Crippen LogP contribution in [0.15, 0.2) is 115 Å². The van der Waals surface area contributed by atoms with Gasteiger partial charge in [0.15, 0.2) is 0 Å². The van der Waals surface area contributed by atoms with Crippen molar-refractivity contribution in [1.29, 1.82) is 0 Å². The highest BCUT2D eigenvalue weighted by Crippen LogP contribution is 2.43. The van der Waals surface area contributed by atoms with Crippen LogP contribution >= 0.6 is 11.6 Å². The van der Waals surface area contributed by atoms with Crippen LogP contribution in [0.25, 0.3) is 11.1 Å². The number of rotatable bonds is 9. The fourth-order valence-electron chi connectivity index (χ4n) is 5.47. The van der Waals surface area contributed by atoms with Crippen molar-refractivity contribution in [3.63, 3.8) is 0 Å². The van der Waals surface area contributed by atoms with E-state index >= 15 is 13.2 Å². The van der Waals surface area contributed by atoms with Crippen LogP contribution in [0.3, 0.4) is 0 Å². The molecule has 1 aliphatic heterocycles. The monoisotopic (exact) mass is 614 g/mol. The van der Waals surface area contributed by atoms with Gasteiger partial charge < -0.3 is 14.4 Å². The van der Waals surface area contributed by atoms with E-state index in [9.17, 15) is 0 Å². The fraction of sp³-hybridized carbons (Fsp3) is 0.194. The predicted molar refractivity (Wildman–Crippen MR) is 167 cm³/mol. The number of hydrogen-bond donors (Lipinski definition) is 0. The first-order valence-corrected chi connectivity index (χ1v) is 14.8. The lowest BCUT2D eigenvalue weighted by atomic mass is 9.86. The highest BCUT2D eigenvalue weighted by Gasteiger charge is 2.45. The van der Waals surface area contributed by atoms with Crippen LogP contribution in [0.1, 0.15) is 29.0 Å². The van der Waals surface area contributed by atoms with E-state index in [1.165, 1.54) is 11.0 Å². The van der Waals surface area contributed by atoms with Crippen molar-refractivity contribution < 1.29 is 22.6 Å². The lowest BCUT2D eigenvalue weighted by molar-refractivity contribution is -0.0332. The van der Waals surface area contributed by atoms with Crippen LogP contribution in [-0.4, -0.2) is 24.0 Å². The van der Waals surface area contributed by atoms with Gasteiger partial charge in [-0.05, 0) is 59.0 Å². The molecule has 0 N–H and O–H groups in total. The fourth-order valence-corrected chi connectivity index (χ4v) is 5.60. The number of anilines is 1. The molecule has 1 saturated heterocycles. The Morgan fingerprint density at radius 3 is 2.09 bits per heavy atom. The van der Waals surface area contributed by atoms with Crippen molar-refractivity contribution in [2.75, 3.05) is 18.0 Å². The first-order chi connectivity index (χ1) is 21.4. The Morgan fingerprint density at radius 2 is 1.45 bits per heavy atom. The van der Waals surface area contributed by atoms with E-state index < -0.39 is 24.2 Å². The minimum absolute atomic E-state index is 0.130.